The Morgan fingerprint density at radius 2 is 2.38 bits per heavy atom. The number of amides is 1. The molecule has 0 fully saturated rings. The fraction of sp³-hybridized carbons (Fsp3) is 0.250. The van der Waals surface area contributed by atoms with Gasteiger partial charge in [-0.05, 0) is 6.07 Å². The van der Waals surface area contributed by atoms with E-state index in [9.17, 15) is 4.79 Å². The minimum Gasteiger partial charge on any atom is -0.366 e. The van der Waals surface area contributed by atoms with Crippen LogP contribution in [-0.2, 0) is 6.42 Å². The van der Waals surface area contributed by atoms with Crippen LogP contribution in [0.25, 0.3) is 0 Å². The van der Waals surface area contributed by atoms with Gasteiger partial charge in [0.05, 0.1) is 6.54 Å². The van der Waals surface area contributed by atoms with Gasteiger partial charge in [0.2, 0.25) is 0 Å². The fourth-order valence-corrected chi connectivity index (χ4v) is 1.41. The monoisotopic (exact) mass is 178 g/mol. The number of hydrogen-bond donors (Lipinski definition) is 4. The van der Waals surface area contributed by atoms with Gasteiger partial charge < -0.3 is 21.4 Å². The SMILES string of the molecule is N=C1CNc2[nH]c(C(N)=O)cc2C1. The van der Waals surface area contributed by atoms with Gasteiger partial charge in [-0.2, -0.15) is 0 Å². The van der Waals surface area contributed by atoms with Crippen molar-refractivity contribution in [1.82, 2.24) is 4.98 Å². The summed E-state index contributed by atoms with van der Waals surface area (Å²) in [5.41, 5.74) is 7.05. The molecule has 0 aliphatic carbocycles. The molecule has 0 saturated carbocycles. The number of anilines is 1. The van der Waals surface area contributed by atoms with Crippen molar-refractivity contribution in [2.24, 2.45) is 5.73 Å². The predicted octanol–water partition coefficient (Wildman–Crippen LogP) is 0.101. The number of rotatable bonds is 1. The number of H-pyrrole nitrogens is 1. The van der Waals surface area contributed by atoms with Crippen LogP contribution < -0.4 is 11.1 Å². The second-order valence-electron chi connectivity index (χ2n) is 3.08. The number of carbonyl (C=O) groups excluding carboxylic acids is 1. The van der Waals surface area contributed by atoms with Gasteiger partial charge in [-0.3, -0.25) is 4.79 Å². The number of hydrogen-bond acceptors (Lipinski definition) is 3. The maximum atomic E-state index is 10.8. The maximum absolute atomic E-state index is 10.8. The molecule has 5 heteroatoms. The topological polar surface area (TPSA) is 94.8 Å². The number of fused-ring (bicyclic) bond motifs is 1. The van der Waals surface area contributed by atoms with Crippen LogP contribution in [0.2, 0.25) is 0 Å². The molecule has 0 radical (unpaired) electrons. The summed E-state index contributed by atoms with van der Waals surface area (Å²) in [6, 6.07) is 1.69. The quantitative estimate of drug-likeness (QED) is 0.491. The summed E-state index contributed by atoms with van der Waals surface area (Å²) in [7, 11) is 0. The molecular formula is C8H10N4O. The summed E-state index contributed by atoms with van der Waals surface area (Å²) >= 11 is 0. The number of primary amides is 1. The van der Waals surface area contributed by atoms with E-state index < -0.39 is 5.91 Å². The average molecular weight is 178 g/mol. The summed E-state index contributed by atoms with van der Waals surface area (Å²) < 4.78 is 0. The summed E-state index contributed by atoms with van der Waals surface area (Å²) in [5, 5.41) is 10.4. The Labute approximate surface area is 74.8 Å². The molecule has 0 aromatic carbocycles. The normalized spacial score (nSPS) is 14.9. The van der Waals surface area contributed by atoms with Crippen LogP contribution in [0.3, 0.4) is 0 Å². The molecule has 1 aliphatic rings. The van der Waals surface area contributed by atoms with E-state index in [1.807, 2.05) is 0 Å². The van der Waals surface area contributed by atoms with Crippen molar-refractivity contribution in [3.8, 4) is 0 Å². The van der Waals surface area contributed by atoms with E-state index in [0.29, 0.717) is 24.4 Å². The molecule has 1 aromatic rings. The second-order valence-corrected chi connectivity index (χ2v) is 3.08. The van der Waals surface area contributed by atoms with E-state index in [1.165, 1.54) is 0 Å². The van der Waals surface area contributed by atoms with Crippen LogP contribution in [0.15, 0.2) is 6.07 Å². The van der Waals surface area contributed by atoms with Gasteiger partial charge >= 0.3 is 0 Å². The van der Waals surface area contributed by atoms with Crippen LogP contribution >= 0.6 is 0 Å². The lowest BCUT2D eigenvalue weighted by Gasteiger charge is -2.13. The van der Waals surface area contributed by atoms with Crippen molar-refractivity contribution in [2.75, 3.05) is 11.9 Å². The molecule has 1 amide bonds. The predicted molar refractivity (Wildman–Crippen MR) is 49.2 cm³/mol. The van der Waals surface area contributed by atoms with Gasteiger partial charge in [0, 0.05) is 17.7 Å². The van der Waals surface area contributed by atoms with Crippen molar-refractivity contribution in [3.63, 3.8) is 0 Å². The Hall–Kier alpha value is -1.78. The number of carbonyl (C=O) groups is 1. The van der Waals surface area contributed by atoms with Crippen molar-refractivity contribution in [2.45, 2.75) is 6.42 Å². The lowest BCUT2D eigenvalue weighted by Crippen LogP contribution is -2.21. The molecule has 0 unspecified atom stereocenters. The third-order valence-electron chi connectivity index (χ3n) is 2.05. The summed E-state index contributed by atoms with van der Waals surface area (Å²) in [6.45, 7) is 0.533. The standard InChI is InChI=1S/C8H10N4O/c9-5-1-4-2-6(7(10)13)12-8(4)11-3-5/h2,9,11-12H,1,3H2,(H2,10,13). The Bertz CT molecular complexity index is 379. The molecule has 2 rings (SSSR count). The fourth-order valence-electron chi connectivity index (χ4n) is 1.41. The summed E-state index contributed by atoms with van der Waals surface area (Å²) in [4.78, 5) is 13.7. The highest BCUT2D eigenvalue weighted by Crippen LogP contribution is 2.20. The number of aromatic nitrogens is 1. The van der Waals surface area contributed by atoms with Crippen molar-refractivity contribution < 1.29 is 4.79 Å². The van der Waals surface area contributed by atoms with Gasteiger partial charge in [-0.15, -0.1) is 0 Å². The first kappa shape index (κ1) is 7.85. The maximum Gasteiger partial charge on any atom is 0.265 e. The first-order valence-electron chi connectivity index (χ1n) is 3.98. The van der Waals surface area contributed by atoms with Crippen molar-refractivity contribution >= 4 is 17.4 Å². The Kier molecular flexibility index (Phi) is 1.58. The van der Waals surface area contributed by atoms with Gasteiger partial charge in [-0.25, -0.2) is 0 Å². The molecule has 1 aliphatic heterocycles. The lowest BCUT2D eigenvalue weighted by atomic mass is 10.1. The third kappa shape index (κ3) is 1.28. The molecule has 0 saturated heterocycles. The Morgan fingerprint density at radius 1 is 1.62 bits per heavy atom. The molecule has 2 heterocycles. The van der Waals surface area contributed by atoms with E-state index in [1.54, 1.807) is 6.07 Å². The minimum absolute atomic E-state index is 0.396. The smallest absolute Gasteiger partial charge is 0.265 e. The van der Waals surface area contributed by atoms with Crippen LogP contribution in [-0.4, -0.2) is 23.1 Å². The largest absolute Gasteiger partial charge is 0.366 e. The highest BCUT2D eigenvalue weighted by Gasteiger charge is 2.16. The molecule has 5 N–H and O–H groups in total. The van der Waals surface area contributed by atoms with E-state index in [2.05, 4.69) is 10.3 Å². The van der Waals surface area contributed by atoms with Crippen LogP contribution in [0.1, 0.15) is 16.1 Å². The number of nitrogens with one attached hydrogen (secondary N) is 3. The van der Waals surface area contributed by atoms with Gasteiger partial charge in [0.25, 0.3) is 5.91 Å². The van der Waals surface area contributed by atoms with Crippen LogP contribution in [0.5, 0.6) is 0 Å². The first-order chi connectivity index (χ1) is 6.16. The van der Waals surface area contributed by atoms with Gasteiger partial charge in [0.15, 0.2) is 0 Å². The zero-order valence-corrected chi connectivity index (χ0v) is 6.98. The van der Waals surface area contributed by atoms with E-state index >= 15 is 0 Å². The van der Waals surface area contributed by atoms with E-state index in [-0.39, 0.29) is 0 Å². The molecule has 5 nitrogen and oxygen atoms in total. The molecule has 1 aromatic heterocycles. The van der Waals surface area contributed by atoms with Crippen molar-refractivity contribution in [3.05, 3.63) is 17.3 Å². The zero-order chi connectivity index (χ0) is 9.42. The highest BCUT2D eigenvalue weighted by atomic mass is 16.1. The van der Waals surface area contributed by atoms with Gasteiger partial charge in [0.1, 0.15) is 11.5 Å². The molecule has 13 heavy (non-hydrogen) atoms. The van der Waals surface area contributed by atoms with Crippen LogP contribution in [0, 0.1) is 5.41 Å². The lowest BCUT2D eigenvalue weighted by molar-refractivity contribution is 0.0996. The Morgan fingerprint density at radius 3 is 3.08 bits per heavy atom. The minimum atomic E-state index is -0.470. The molecule has 0 bridgehead atoms. The molecule has 0 atom stereocenters. The van der Waals surface area contributed by atoms with Gasteiger partial charge in [-0.1, -0.05) is 0 Å². The molecule has 68 valence electrons. The highest BCUT2D eigenvalue weighted by molar-refractivity contribution is 5.95. The molecular weight excluding hydrogens is 168 g/mol. The average Bonchev–Trinajstić information content (AvgIpc) is 2.46. The first-order valence-corrected chi connectivity index (χ1v) is 3.98. The van der Waals surface area contributed by atoms with Crippen molar-refractivity contribution in [1.29, 1.82) is 5.41 Å². The zero-order valence-electron chi connectivity index (χ0n) is 6.98. The summed E-state index contributed by atoms with van der Waals surface area (Å²) in [5.74, 6) is 0.340. The van der Waals surface area contributed by atoms with E-state index in [0.717, 1.165) is 11.4 Å². The second kappa shape index (κ2) is 2.62. The summed E-state index contributed by atoms with van der Waals surface area (Å²) in [6.07, 6.45) is 0.589. The molecule has 0 spiro atoms. The van der Waals surface area contributed by atoms with E-state index in [4.69, 9.17) is 11.1 Å². The third-order valence-corrected chi connectivity index (χ3v) is 2.05. The Balaban J connectivity index is 2.39. The van der Waals surface area contributed by atoms with Crippen LogP contribution in [0.4, 0.5) is 5.82 Å². The number of nitrogens with two attached hydrogens (primary N) is 1. The number of aromatic amines is 1.